The molecule has 0 radical (unpaired) electrons. The Morgan fingerprint density at radius 1 is 0.955 bits per heavy atom. The first-order chi connectivity index (χ1) is 10.8. The van der Waals surface area contributed by atoms with Crippen LogP contribution in [0, 0.1) is 6.92 Å². The molecule has 1 aromatic carbocycles. The third-order valence-corrected chi connectivity index (χ3v) is 4.00. The molecule has 108 valence electrons. The molecule has 6 heteroatoms. The van der Waals surface area contributed by atoms with E-state index in [1.165, 1.54) is 0 Å². The minimum absolute atomic E-state index is 0.416. The van der Waals surface area contributed by atoms with Crippen molar-refractivity contribution in [3.05, 3.63) is 52.9 Å². The molecule has 0 amide bonds. The number of nitrogens with zero attached hydrogens (tertiary/aromatic N) is 3. The van der Waals surface area contributed by atoms with Crippen molar-refractivity contribution >= 4 is 11.3 Å². The predicted molar refractivity (Wildman–Crippen MR) is 83.3 cm³/mol. The second kappa shape index (κ2) is 5.23. The van der Waals surface area contributed by atoms with Crippen molar-refractivity contribution in [1.29, 1.82) is 0 Å². The van der Waals surface area contributed by atoms with Crippen LogP contribution in [0.2, 0.25) is 0 Å². The molecule has 0 aliphatic rings. The Balaban J connectivity index is 1.82. The SMILES string of the molecule is Cc1onc(-c2ccccc2)c1-c1nnc(-c2ccsc2)o1. The molecule has 0 saturated heterocycles. The standard InChI is InChI=1S/C16H11N3O2S/c1-10-13(14(19-21-10)11-5-3-2-4-6-11)16-18-17-15(20-16)12-7-8-22-9-12/h2-9H,1H3. The number of hydrogen-bond donors (Lipinski definition) is 0. The Kier molecular flexibility index (Phi) is 3.08. The third kappa shape index (κ3) is 2.14. The molecule has 0 fully saturated rings. The van der Waals surface area contributed by atoms with Crippen LogP contribution in [0.4, 0.5) is 0 Å². The molecule has 4 aromatic rings. The first-order valence-electron chi connectivity index (χ1n) is 6.71. The number of hydrogen-bond acceptors (Lipinski definition) is 6. The zero-order chi connectivity index (χ0) is 14.9. The number of rotatable bonds is 3. The lowest BCUT2D eigenvalue weighted by Crippen LogP contribution is -1.84. The van der Waals surface area contributed by atoms with Gasteiger partial charge in [-0.05, 0) is 18.4 Å². The van der Waals surface area contributed by atoms with E-state index in [-0.39, 0.29) is 0 Å². The van der Waals surface area contributed by atoms with Gasteiger partial charge in [-0.15, -0.1) is 10.2 Å². The smallest absolute Gasteiger partial charge is 0.254 e. The topological polar surface area (TPSA) is 65.0 Å². The van der Waals surface area contributed by atoms with Gasteiger partial charge in [0.2, 0.25) is 5.89 Å². The summed E-state index contributed by atoms with van der Waals surface area (Å²) in [6, 6.07) is 11.7. The maximum Gasteiger partial charge on any atom is 0.254 e. The molecule has 3 heterocycles. The van der Waals surface area contributed by atoms with E-state index in [1.54, 1.807) is 11.3 Å². The van der Waals surface area contributed by atoms with E-state index in [0.717, 1.165) is 16.7 Å². The minimum Gasteiger partial charge on any atom is -0.416 e. The summed E-state index contributed by atoms with van der Waals surface area (Å²) in [5, 5.41) is 16.3. The van der Waals surface area contributed by atoms with Crippen molar-refractivity contribution < 1.29 is 8.94 Å². The first kappa shape index (κ1) is 13.0. The Morgan fingerprint density at radius 3 is 2.55 bits per heavy atom. The van der Waals surface area contributed by atoms with E-state index in [0.29, 0.717) is 23.2 Å². The van der Waals surface area contributed by atoms with Gasteiger partial charge in [-0.1, -0.05) is 35.5 Å². The van der Waals surface area contributed by atoms with Crippen LogP contribution in [0.1, 0.15) is 5.76 Å². The molecule has 3 aromatic heterocycles. The van der Waals surface area contributed by atoms with Crippen molar-refractivity contribution in [3.63, 3.8) is 0 Å². The van der Waals surface area contributed by atoms with Gasteiger partial charge >= 0.3 is 0 Å². The van der Waals surface area contributed by atoms with Crippen LogP contribution in [-0.4, -0.2) is 15.4 Å². The van der Waals surface area contributed by atoms with Gasteiger partial charge < -0.3 is 8.94 Å². The summed E-state index contributed by atoms with van der Waals surface area (Å²) in [5.74, 6) is 1.56. The molecule has 4 rings (SSSR count). The van der Waals surface area contributed by atoms with E-state index in [1.807, 2.05) is 54.1 Å². The molecule has 0 bridgehead atoms. The van der Waals surface area contributed by atoms with Crippen LogP contribution in [-0.2, 0) is 0 Å². The summed E-state index contributed by atoms with van der Waals surface area (Å²) in [7, 11) is 0. The van der Waals surface area contributed by atoms with Crippen molar-refractivity contribution in [2.45, 2.75) is 6.92 Å². The molecule has 5 nitrogen and oxygen atoms in total. The Hall–Kier alpha value is -2.73. The van der Waals surface area contributed by atoms with Gasteiger partial charge in [0.1, 0.15) is 17.0 Å². The number of benzene rings is 1. The lowest BCUT2D eigenvalue weighted by molar-refractivity contribution is 0.399. The average Bonchev–Trinajstić information content (AvgIpc) is 3.27. The number of thiophene rings is 1. The quantitative estimate of drug-likeness (QED) is 0.560. The third-order valence-electron chi connectivity index (χ3n) is 3.32. The lowest BCUT2D eigenvalue weighted by Gasteiger charge is -1.97. The van der Waals surface area contributed by atoms with Crippen LogP contribution < -0.4 is 0 Å². The fourth-order valence-corrected chi connectivity index (χ4v) is 2.87. The molecule has 0 spiro atoms. The predicted octanol–water partition coefficient (Wildman–Crippen LogP) is 4.43. The summed E-state index contributed by atoms with van der Waals surface area (Å²) in [5.41, 5.74) is 3.31. The Bertz CT molecular complexity index is 895. The summed E-state index contributed by atoms with van der Waals surface area (Å²) in [4.78, 5) is 0. The van der Waals surface area contributed by atoms with Crippen LogP contribution in [0.5, 0.6) is 0 Å². The highest BCUT2D eigenvalue weighted by molar-refractivity contribution is 7.08. The van der Waals surface area contributed by atoms with Crippen molar-refractivity contribution in [2.24, 2.45) is 0 Å². The fourth-order valence-electron chi connectivity index (χ4n) is 2.24. The molecule has 0 saturated carbocycles. The van der Waals surface area contributed by atoms with E-state index in [2.05, 4.69) is 15.4 Å². The molecule has 22 heavy (non-hydrogen) atoms. The number of aryl methyl sites for hydroxylation is 1. The summed E-state index contributed by atoms with van der Waals surface area (Å²) >= 11 is 1.59. The van der Waals surface area contributed by atoms with Crippen molar-refractivity contribution in [3.8, 4) is 34.2 Å². The molecule has 0 aliphatic heterocycles. The fraction of sp³-hybridized carbons (Fsp3) is 0.0625. The summed E-state index contributed by atoms with van der Waals surface area (Å²) in [6.45, 7) is 1.84. The molecule has 0 N–H and O–H groups in total. The van der Waals surface area contributed by atoms with Gasteiger partial charge in [-0.25, -0.2) is 0 Å². The normalized spacial score (nSPS) is 11.0. The number of aromatic nitrogens is 3. The second-order valence-electron chi connectivity index (χ2n) is 4.75. The highest BCUT2D eigenvalue weighted by Gasteiger charge is 2.22. The molecule has 0 atom stereocenters. The van der Waals surface area contributed by atoms with E-state index in [4.69, 9.17) is 8.94 Å². The highest BCUT2D eigenvalue weighted by atomic mass is 32.1. The molecular weight excluding hydrogens is 298 g/mol. The zero-order valence-corrected chi connectivity index (χ0v) is 12.5. The van der Waals surface area contributed by atoms with E-state index < -0.39 is 0 Å². The Morgan fingerprint density at radius 2 is 1.77 bits per heavy atom. The van der Waals surface area contributed by atoms with Gasteiger partial charge in [0.15, 0.2) is 0 Å². The van der Waals surface area contributed by atoms with Gasteiger partial charge in [0.05, 0.1) is 0 Å². The van der Waals surface area contributed by atoms with Crippen LogP contribution in [0.3, 0.4) is 0 Å². The van der Waals surface area contributed by atoms with E-state index in [9.17, 15) is 0 Å². The first-order valence-corrected chi connectivity index (χ1v) is 7.65. The minimum atomic E-state index is 0.416. The van der Waals surface area contributed by atoms with Gasteiger partial charge in [-0.3, -0.25) is 0 Å². The van der Waals surface area contributed by atoms with Crippen LogP contribution >= 0.6 is 11.3 Å². The maximum absolute atomic E-state index is 5.80. The Labute approximate surface area is 130 Å². The second-order valence-corrected chi connectivity index (χ2v) is 5.53. The average molecular weight is 309 g/mol. The van der Waals surface area contributed by atoms with Crippen molar-refractivity contribution in [1.82, 2.24) is 15.4 Å². The van der Waals surface area contributed by atoms with Gasteiger partial charge in [-0.2, -0.15) is 11.3 Å². The van der Waals surface area contributed by atoms with Crippen molar-refractivity contribution in [2.75, 3.05) is 0 Å². The maximum atomic E-state index is 5.80. The monoisotopic (exact) mass is 309 g/mol. The molecule has 0 aliphatic carbocycles. The van der Waals surface area contributed by atoms with Gasteiger partial charge in [0.25, 0.3) is 5.89 Å². The largest absolute Gasteiger partial charge is 0.416 e. The lowest BCUT2D eigenvalue weighted by atomic mass is 10.1. The molecular formula is C16H11N3O2S. The highest BCUT2D eigenvalue weighted by Crippen LogP contribution is 2.34. The zero-order valence-electron chi connectivity index (χ0n) is 11.7. The summed E-state index contributed by atoms with van der Waals surface area (Å²) in [6.07, 6.45) is 0. The van der Waals surface area contributed by atoms with Crippen LogP contribution in [0.15, 0.2) is 56.1 Å². The van der Waals surface area contributed by atoms with Gasteiger partial charge in [0, 0.05) is 16.5 Å². The summed E-state index contributed by atoms with van der Waals surface area (Å²) < 4.78 is 11.1. The van der Waals surface area contributed by atoms with E-state index >= 15 is 0 Å². The van der Waals surface area contributed by atoms with Crippen LogP contribution in [0.25, 0.3) is 34.2 Å². The molecule has 0 unspecified atom stereocenters.